The van der Waals surface area contributed by atoms with Crippen LogP contribution in [0.5, 0.6) is 0 Å². The fraction of sp³-hybridized carbons (Fsp3) is 0.875. The minimum Gasteiger partial charge on any atom is -0.400 e. The molecule has 3 aliphatic rings. The molecule has 0 unspecified atom stereocenters. The predicted octanol–water partition coefficient (Wildman–Crippen LogP) is 3.19. The highest BCUT2D eigenvalue weighted by molar-refractivity contribution is 6.54. The molecule has 2 atom stereocenters. The van der Waals surface area contributed by atoms with Crippen LogP contribution in [0.15, 0.2) is 11.5 Å². The summed E-state index contributed by atoms with van der Waals surface area (Å²) < 4.78 is 12.4. The molecule has 3 heterocycles. The van der Waals surface area contributed by atoms with E-state index >= 15 is 0 Å². The lowest BCUT2D eigenvalue weighted by atomic mass is 9.73. The first-order chi connectivity index (χ1) is 9.21. The molecule has 0 aliphatic carbocycles. The van der Waals surface area contributed by atoms with E-state index in [1.807, 2.05) is 0 Å². The van der Waals surface area contributed by atoms with Crippen LogP contribution in [0.3, 0.4) is 0 Å². The van der Waals surface area contributed by atoms with Crippen LogP contribution in [-0.2, 0) is 9.31 Å². The quantitative estimate of drug-likeness (QED) is 0.723. The molecule has 0 saturated carbocycles. The van der Waals surface area contributed by atoms with Gasteiger partial charge in [0.2, 0.25) is 0 Å². The third-order valence-electron chi connectivity index (χ3n) is 5.63. The van der Waals surface area contributed by atoms with Crippen molar-refractivity contribution in [2.45, 2.75) is 90.1 Å². The molecule has 0 N–H and O–H groups in total. The Kier molecular flexibility index (Phi) is 3.35. The molecule has 3 nitrogen and oxygen atoms in total. The molecule has 3 rings (SSSR count). The number of nitrogens with zero attached hydrogens (tertiary/aromatic N) is 1. The molecular weight excluding hydrogens is 249 g/mol. The van der Waals surface area contributed by atoms with Gasteiger partial charge in [-0.15, -0.1) is 0 Å². The maximum Gasteiger partial charge on any atom is 0.490 e. The van der Waals surface area contributed by atoms with E-state index in [0.717, 1.165) is 6.42 Å². The summed E-state index contributed by atoms with van der Waals surface area (Å²) in [5.74, 6) is 0. The first-order valence-corrected chi connectivity index (χ1v) is 8.05. The second kappa shape index (κ2) is 4.59. The lowest BCUT2D eigenvalue weighted by Crippen LogP contribution is -2.45. The predicted molar refractivity (Wildman–Crippen MR) is 82.6 cm³/mol. The third-order valence-corrected chi connectivity index (χ3v) is 5.63. The molecule has 0 aromatic carbocycles. The van der Waals surface area contributed by atoms with Crippen LogP contribution in [0.25, 0.3) is 0 Å². The van der Waals surface area contributed by atoms with Crippen molar-refractivity contribution < 1.29 is 9.31 Å². The fourth-order valence-electron chi connectivity index (χ4n) is 3.87. The summed E-state index contributed by atoms with van der Waals surface area (Å²) in [7, 11) is -0.141. The third kappa shape index (κ3) is 2.17. The SMILES string of the molecule is CC(C)N1[C@H]2CC[C@@H]1C=C(B1OC(C)(C)C(C)(C)O1)C2. The van der Waals surface area contributed by atoms with Gasteiger partial charge in [-0.25, -0.2) is 0 Å². The molecule has 0 aromatic rings. The minimum atomic E-state index is -0.229. The first-order valence-electron chi connectivity index (χ1n) is 8.05. The highest BCUT2D eigenvalue weighted by atomic mass is 16.7. The smallest absolute Gasteiger partial charge is 0.400 e. The summed E-state index contributed by atoms with van der Waals surface area (Å²) in [6.45, 7) is 13.1. The molecule has 4 heteroatoms. The van der Waals surface area contributed by atoms with Crippen LogP contribution in [0.1, 0.15) is 60.8 Å². The van der Waals surface area contributed by atoms with Gasteiger partial charge in [-0.2, -0.15) is 0 Å². The summed E-state index contributed by atoms with van der Waals surface area (Å²) >= 11 is 0. The van der Waals surface area contributed by atoms with Crippen LogP contribution in [0.2, 0.25) is 0 Å². The van der Waals surface area contributed by atoms with E-state index in [0.29, 0.717) is 18.1 Å². The van der Waals surface area contributed by atoms with E-state index in [4.69, 9.17) is 9.31 Å². The van der Waals surface area contributed by atoms with Gasteiger partial charge in [0.1, 0.15) is 0 Å². The Hall–Kier alpha value is -0.315. The van der Waals surface area contributed by atoms with Crippen molar-refractivity contribution in [2.24, 2.45) is 0 Å². The molecular formula is C16H28BNO2. The normalized spacial score (nSPS) is 35.8. The Balaban J connectivity index is 1.80. The minimum absolute atomic E-state index is 0.141. The molecule has 20 heavy (non-hydrogen) atoms. The van der Waals surface area contributed by atoms with Crippen LogP contribution >= 0.6 is 0 Å². The summed E-state index contributed by atoms with van der Waals surface area (Å²) in [6, 6.07) is 1.89. The Labute approximate surface area is 123 Å². The highest BCUT2D eigenvalue weighted by Crippen LogP contribution is 2.43. The Bertz CT molecular complexity index is 414. The van der Waals surface area contributed by atoms with E-state index in [1.54, 1.807) is 0 Å². The molecule has 0 amide bonds. The molecule has 0 radical (unpaired) electrons. The first kappa shape index (κ1) is 14.6. The Morgan fingerprint density at radius 3 is 2.25 bits per heavy atom. The van der Waals surface area contributed by atoms with E-state index < -0.39 is 0 Å². The van der Waals surface area contributed by atoms with Crippen LogP contribution in [0, 0.1) is 0 Å². The summed E-state index contributed by atoms with van der Waals surface area (Å²) in [5.41, 5.74) is 0.910. The molecule has 0 spiro atoms. The largest absolute Gasteiger partial charge is 0.490 e. The zero-order valence-electron chi connectivity index (χ0n) is 13.8. The number of hydrogen-bond donors (Lipinski definition) is 0. The van der Waals surface area contributed by atoms with Gasteiger partial charge in [-0.3, -0.25) is 4.90 Å². The van der Waals surface area contributed by atoms with Gasteiger partial charge in [0, 0.05) is 18.1 Å². The molecule has 2 fully saturated rings. The lowest BCUT2D eigenvalue weighted by Gasteiger charge is -2.37. The molecule has 3 aliphatic heterocycles. The maximum atomic E-state index is 6.21. The van der Waals surface area contributed by atoms with Crippen molar-refractivity contribution in [2.75, 3.05) is 0 Å². The number of rotatable bonds is 2. The summed E-state index contributed by atoms with van der Waals surface area (Å²) in [6.07, 6.45) is 6.12. The second-order valence-corrected chi connectivity index (χ2v) is 7.87. The van der Waals surface area contributed by atoms with E-state index in [9.17, 15) is 0 Å². The monoisotopic (exact) mass is 277 g/mol. The van der Waals surface area contributed by atoms with Crippen molar-refractivity contribution in [3.63, 3.8) is 0 Å². The highest BCUT2D eigenvalue weighted by Gasteiger charge is 2.53. The van der Waals surface area contributed by atoms with Crippen molar-refractivity contribution in [3.8, 4) is 0 Å². The van der Waals surface area contributed by atoms with Gasteiger partial charge in [-0.05, 0) is 66.3 Å². The lowest BCUT2D eigenvalue weighted by molar-refractivity contribution is 0.00578. The van der Waals surface area contributed by atoms with Crippen molar-refractivity contribution in [1.82, 2.24) is 4.90 Å². The molecule has 112 valence electrons. The zero-order valence-corrected chi connectivity index (χ0v) is 13.8. The van der Waals surface area contributed by atoms with E-state index in [2.05, 4.69) is 52.5 Å². The van der Waals surface area contributed by atoms with Crippen molar-refractivity contribution in [3.05, 3.63) is 11.5 Å². The second-order valence-electron chi connectivity index (χ2n) is 7.87. The van der Waals surface area contributed by atoms with Crippen molar-refractivity contribution >= 4 is 7.12 Å². The van der Waals surface area contributed by atoms with Crippen molar-refractivity contribution in [1.29, 1.82) is 0 Å². The summed E-state index contributed by atoms with van der Waals surface area (Å²) in [4.78, 5) is 2.66. The average molecular weight is 277 g/mol. The standard InChI is InChI=1S/C16H28BNO2/c1-11(2)18-13-7-8-14(18)10-12(9-13)17-19-15(3,4)16(5,6)20-17/h9,11,13-14H,7-8,10H2,1-6H3/t13-,14+/m1/s1. The van der Waals surface area contributed by atoms with Gasteiger partial charge in [-0.1, -0.05) is 6.08 Å². The van der Waals surface area contributed by atoms with Gasteiger partial charge in [0.25, 0.3) is 0 Å². The van der Waals surface area contributed by atoms with Gasteiger partial charge in [0.05, 0.1) is 11.2 Å². The Morgan fingerprint density at radius 1 is 1.15 bits per heavy atom. The van der Waals surface area contributed by atoms with Crippen LogP contribution < -0.4 is 0 Å². The van der Waals surface area contributed by atoms with E-state index in [1.165, 1.54) is 18.3 Å². The van der Waals surface area contributed by atoms with Crippen LogP contribution in [-0.4, -0.2) is 41.3 Å². The van der Waals surface area contributed by atoms with Crippen LogP contribution in [0.4, 0.5) is 0 Å². The molecule has 2 saturated heterocycles. The van der Waals surface area contributed by atoms with Gasteiger partial charge < -0.3 is 9.31 Å². The molecule has 2 bridgehead atoms. The Morgan fingerprint density at radius 2 is 1.75 bits per heavy atom. The number of hydrogen-bond acceptors (Lipinski definition) is 3. The zero-order chi connectivity index (χ0) is 14.7. The number of fused-ring (bicyclic) bond motifs is 2. The fourth-order valence-corrected chi connectivity index (χ4v) is 3.87. The van der Waals surface area contributed by atoms with Gasteiger partial charge in [0.15, 0.2) is 0 Å². The van der Waals surface area contributed by atoms with E-state index in [-0.39, 0.29) is 18.3 Å². The topological polar surface area (TPSA) is 21.7 Å². The average Bonchev–Trinajstić information content (AvgIpc) is 2.70. The molecule has 0 aromatic heterocycles. The summed E-state index contributed by atoms with van der Waals surface area (Å²) in [5, 5.41) is 0. The van der Waals surface area contributed by atoms with Gasteiger partial charge >= 0.3 is 7.12 Å². The maximum absolute atomic E-state index is 6.21.